The van der Waals surface area contributed by atoms with Gasteiger partial charge in [-0.25, -0.2) is 0 Å². The summed E-state index contributed by atoms with van der Waals surface area (Å²) in [6.07, 6.45) is -2.37. The van der Waals surface area contributed by atoms with E-state index in [0.717, 1.165) is 18.4 Å². The number of ether oxygens (including phenoxy) is 1. The average molecular weight is 540 g/mol. The van der Waals surface area contributed by atoms with E-state index in [1.54, 1.807) is 6.92 Å². The zero-order chi connectivity index (χ0) is 26.5. The van der Waals surface area contributed by atoms with Crippen molar-refractivity contribution in [2.45, 2.75) is 69.6 Å². The van der Waals surface area contributed by atoms with Crippen LogP contribution in [0.1, 0.15) is 66.2 Å². The number of nitrogens with zero attached hydrogens (tertiary/aromatic N) is 3. The highest BCUT2D eigenvalue weighted by atomic mass is 35.5. The molecule has 2 aromatic rings. The number of anilines is 1. The molecular formula is C26H29ClF3N3O4. The number of carbonyl (C=O) groups excluding carboxylic acids is 2. The fourth-order valence-corrected chi connectivity index (χ4v) is 5.98. The summed E-state index contributed by atoms with van der Waals surface area (Å²) in [5.74, 6) is -1.24. The largest absolute Gasteiger partial charge is 0.466 e. The highest BCUT2D eigenvalue weighted by molar-refractivity contribution is 6.34. The first-order chi connectivity index (χ1) is 17.6. The number of aromatic nitrogens is 2. The van der Waals surface area contributed by atoms with Crippen molar-refractivity contribution in [1.29, 1.82) is 0 Å². The number of esters is 1. The van der Waals surface area contributed by atoms with Crippen molar-refractivity contribution in [1.82, 2.24) is 9.78 Å². The lowest BCUT2D eigenvalue weighted by atomic mass is 9.90. The van der Waals surface area contributed by atoms with Gasteiger partial charge < -0.3 is 14.7 Å². The van der Waals surface area contributed by atoms with Gasteiger partial charge in [0.2, 0.25) is 0 Å². The van der Waals surface area contributed by atoms with E-state index in [1.165, 1.54) is 22.9 Å². The van der Waals surface area contributed by atoms with Gasteiger partial charge in [0.25, 0.3) is 5.91 Å². The summed E-state index contributed by atoms with van der Waals surface area (Å²) in [5, 5.41) is 15.2. The minimum absolute atomic E-state index is 0.0368. The van der Waals surface area contributed by atoms with E-state index >= 15 is 0 Å². The SMILES string of the molecule is CCOC(=O)[C@@H]1CCN(c2nn(C(=O)c3c(Cl)cccc3C3(C(F)(F)F)CC3)c3c2CCCC3)C[C@H]1O. The van der Waals surface area contributed by atoms with Gasteiger partial charge in [0, 0.05) is 18.7 Å². The van der Waals surface area contributed by atoms with Crippen LogP contribution >= 0.6 is 11.6 Å². The number of aliphatic hydroxyl groups excluding tert-OH is 1. The second-order valence-corrected chi connectivity index (χ2v) is 10.5. The molecule has 0 unspecified atom stereocenters. The molecule has 1 saturated carbocycles. The Morgan fingerprint density at radius 1 is 1.24 bits per heavy atom. The van der Waals surface area contributed by atoms with Gasteiger partial charge in [-0.15, -0.1) is 5.10 Å². The number of hydrogen-bond donors (Lipinski definition) is 1. The Hall–Kier alpha value is -2.59. The lowest BCUT2D eigenvalue weighted by molar-refractivity contribution is -0.160. The van der Waals surface area contributed by atoms with E-state index in [2.05, 4.69) is 5.10 Å². The number of alkyl halides is 3. The molecule has 11 heteroatoms. The summed E-state index contributed by atoms with van der Waals surface area (Å²) < 4.78 is 48.3. The molecule has 0 bridgehead atoms. The summed E-state index contributed by atoms with van der Waals surface area (Å²) in [7, 11) is 0. The molecule has 7 nitrogen and oxygen atoms in total. The number of aliphatic hydroxyl groups is 1. The number of fused-ring (bicyclic) bond motifs is 1. The quantitative estimate of drug-likeness (QED) is 0.565. The fourth-order valence-electron chi connectivity index (χ4n) is 5.73. The second kappa shape index (κ2) is 9.62. The molecule has 1 saturated heterocycles. The van der Waals surface area contributed by atoms with Gasteiger partial charge in [-0.1, -0.05) is 23.7 Å². The van der Waals surface area contributed by atoms with Gasteiger partial charge in [-0.2, -0.15) is 17.9 Å². The molecular weight excluding hydrogens is 511 g/mol. The zero-order valence-electron chi connectivity index (χ0n) is 20.5. The number of β-amino-alcohol motifs (C(OH)–C–C–N with tert-alkyl or cyclic N) is 1. The van der Waals surface area contributed by atoms with Crippen molar-refractivity contribution in [3.8, 4) is 0 Å². The van der Waals surface area contributed by atoms with Crippen molar-refractivity contribution in [2.24, 2.45) is 5.92 Å². The first-order valence-electron chi connectivity index (χ1n) is 12.7. The monoisotopic (exact) mass is 539 g/mol. The number of hydrogen-bond acceptors (Lipinski definition) is 6. The maximum Gasteiger partial charge on any atom is 0.398 e. The Bertz CT molecular complexity index is 1220. The van der Waals surface area contributed by atoms with Gasteiger partial charge >= 0.3 is 12.1 Å². The molecule has 0 amide bonds. The number of rotatable bonds is 5. The van der Waals surface area contributed by atoms with Gasteiger partial charge in [0.1, 0.15) is 0 Å². The van der Waals surface area contributed by atoms with Crippen LogP contribution in [0.4, 0.5) is 19.0 Å². The molecule has 37 heavy (non-hydrogen) atoms. The molecule has 2 aliphatic carbocycles. The fraction of sp³-hybridized carbons (Fsp3) is 0.577. The Labute approximate surface area is 217 Å². The number of benzene rings is 1. The Morgan fingerprint density at radius 2 is 1.97 bits per heavy atom. The van der Waals surface area contributed by atoms with Gasteiger partial charge in [0.05, 0.1) is 40.3 Å². The van der Waals surface area contributed by atoms with Crippen LogP contribution < -0.4 is 4.90 Å². The maximum absolute atomic E-state index is 14.0. The normalized spacial score (nSPS) is 22.9. The van der Waals surface area contributed by atoms with E-state index in [1.807, 2.05) is 4.90 Å². The molecule has 0 spiro atoms. The molecule has 1 aromatic carbocycles. The standard InChI is InChI=1S/C26H29ClF3N3O4/c1-2-37-24(36)16-10-13-32(14-20(16)34)22-15-6-3-4-9-19(15)33(31-22)23(35)21-17(7-5-8-18(21)27)25(11-12-25)26(28,29)30/h5,7-8,16,20,34H,2-4,6,9-14H2,1H3/t16-,20-/m1/s1. The van der Waals surface area contributed by atoms with E-state index in [9.17, 15) is 27.9 Å². The number of halogens is 4. The summed E-state index contributed by atoms with van der Waals surface area (Å²) in [6, 6.07) is 4.21. The predicted molar refractivity (Wildman–Crippen MR) is 130 cm³/mol. The third-order valence-electron chi connectivity index (χ3n) is 7.86. The smallest absolute Gasteiger partial charge is 0.398 e. The molecule has 1 N–H and O–H groups in total. The molecule has 3 aliphatic rings. The highest BCUT2D eigenvalue weighted by Crippen LogP contribution is 2.60. The molecule has 0 radical (unpaired) electrons. The molecule has 1 aliphatic heterocycles. The van der Waals surface area contributed by atoms with Crippen LogP contribution in [0.3, 0.4) is 0 Å². The molecule has 2 atom stereocenters. The third kappa shape index (κ3) is 4.41. The summed E-state index contributed by atoms with van der Waals surface area (Å²) >= 11 is 6.37. The van der Waals surface area contributed by atoms with E-state index in [4.69, 9.17) is 16.3 Å². The van der Waals surface area contributed by atoms with Crippen LogP contribution in [-0.2, 0) is 27.8 Å². The number of piperidine rings is 1. The van der Waals surface area contributed by atoms with Crippen molar-refractivity contribution in [2.75, 3.05) is 24.6 Å². The van der Waals surface area contributed by atoms with Gasteiger partial charge in [-0.05, 0) is 63.5 Å². The van der Waals surface area contributed by atoms with Crippen LogP contribution in [0.25, 0.3) is 0 Å². The highest BCUT2D eigenvalue weighted by Gasteiger charge is 2.65. The second-order valence-electron chi connectivity index (χ2n) is 10.1. The Kier molecular flexibility index (Phi) is 6.77. The third-order valence-corrected chi connectivity index (χ3v) is 8.17. The Morgan fingerprint density at radius 3 is 2.62 bits per heavy atom. The van der Waals surface area contributed by atoms with E-state index < -0.39 is 35.5 Å². The molecule has 1 aromatic heterocycles. The predicted octanol–water partition coefficient (Wildman–Crippen LogP) is 4.45. The topological polar surface area (TPSA) is 84.7 Å². The summed E-state index contributed by atoms with van der Waals surface area (Å²) in [6.45, 7) is 2.49. The van der Waals surface area contributed by atoms with Gasteiger partial charge in [0.15, 0.2) is 5.82 Å². The molecule has 2 fully saturated rings. The summed E-state index contributed by atoms with van der Waals surface area (Å²) in [4.78, 5) is 27.9. The van der Waals surface area contributed by atoms with Crippen molar-refractivity contribution >= 4 is 29.3 Å². The average Bonchev–Trinajstić information content (AvgIpc) is 3.59. The van der Waals surface area contributed by atoms with Crippen LogP contribution in [0.15, 0.2) is 18.2 Å². The van der Waals surface area contributed by atoms with E-state index in [0.29, 0.717) is 37.3 Å². The van der Waals surface area contributed by atoms with Crippen LogP contribution in [0.2, 0.25) is 5.02 Å². The van der Waals surface area contributed by atoms with Crippen LogP contribution in [-0.4, -0.2) is 58.7 Å². The minimum Gasteiger partial charge on any atom is -0.466 e. The van der Waals surface area contributed by atoms with Crippen molar-refractivity contribution < 1.29 is 32.6 Å². The van der Waals surface area contributed by atoms with Crippen molar-refractivity contribution in [3.63, 3.8) is 0 Å². The van der Waals surface area contributed by atoms with Crippen molar-refractivity contribution in [3.05, 3.63) is 45.6 Å². The van der Waals surface area contributed by atoms with Crippen LogP contribution in [0, 0.1) is 5.92 Å². The molecule has 200 valence electrons. The number of carbonyl (C=O) groups is 2. The lowest BCUT2D eigenvalue weighted by Gasteiger charge is -2.35. The summed E-state index contributed by atoms with van der Waals surface area (Å²) in [5.41, 5.74) is -0.826. The van der Waals surface area contributed by atoms with Crippen LogP contribution in [0.5, 0.6) is 0 Å². The minimum atomic E-state index is -4.50. The first kappa shape index (κ1) is 26.0. The Balaban J connectivity index is 1.51. The lowest BCUT2D eigenvalue weighted by Crippen LogP contribution is -2.47. The zero-order valence-corrected chi connectivity index (χ0v) is 21.2. The molecule has 5 rings (SSSR count). The van der Waals surface area contributed by atoms with Gasteiger partial charge in [-0.3, -0.25) is 9.59 Å². The first-order valence-corrected chi connectivity index (χ1v) is 13.1. The van der Waals surface area contributed by atoms with E-state index in [-0.39, 0.29) is 42.1 Å². The maximum atomic E-state index is 14.0. The molecule has 2 heterocycles.